The third-order valence-electron chi connectivity index (χ3n) is 6.81. The number of piperazine rings is 1. The molecule has 0 bridgehead atoms. The Morgan fingerprint density at radius 3 is 2.61 bits per heavy atom. The Bertz CT molecular complexity index is 1270. The predicted molar refractivity (Wildman–Crippen MR) is 133 cm³/mol. The summed E-state index contributed by atoms with van der Waals surface area (Å²) in [5, 5.41) is 19.8. The molecule has 0 spiro atoms. The highest BCUT2D eigenvalue weighted by Gasteiger charge is 2.46. The molecule has 1 aromatic heterocycles. The van der Waals surface area contributed by atoms with Crippen molar-refractivity contribution >= 4 is 17.7 Å². The first-order valence-electron chi connectivity index (χ1n) is 12.3. The van der Waals surface area contributed by atoms with Gasteiger partial charge in [-0.25, -0.2) is 4.68 Å². The lowest BCUT2D eigenvalue weighted by atomic mass is 10.0. The van der Waals surface area contributed by atoms with Gasteiger partial charge in [-0.2, -0.15) is 5.10 Å². The van der Waals surface area contributed by atoms with E-state index >= 15 is 0 Å². The number of benzene rings is 2. The average Bonchev–Trinajstić information content (AvgIpc) is 3.49. The van der Waals surface area contributed by atoms with Crippen molar-refractivity contribution in [2.75, 3.05) is 6.54 Å². The van der Waals surface area contributed by atoms with Crippen LogP contribution >= 0.6 is 0 Å². The molecule has 2 aliphatic rings. The Morgan fingerprint density at radius 2 is 1.89 bits per heavy atom. The number of aromatic hydroxyl groups is 1. The molecule has 3 aromatic rings. The lowest BCUT2D eigenvalue weighted by Gasteiger charge is -2.34. The number of fused-ring (bicyclic) bond motifs is 1. The number of carbonyl (C=O) groups excluding carboxylic acids is 3. The molecule has 3 N–H and O–H groups in total. The molecule has 3 heterocycles. The van der Waals surface area contributed by atoms with Crippen molar-refractivity contribution < 1.29 is 19.5 Å². The first-order chi connectivity index (χ1) is 17.4. The Kier molecular flexibility index (Phi) is 6.45. The third-order valence-corrected chi connectivity index (χ3v) is 6.81. The van der Waals surface area contributed by atoms with Crippen molar-refractivity contribution in [1.82, 2.24) is 25.3 Å². The molecule has 2 aromatic carbocycles. The molecule has 9 nitrogen and oxygen atoms in total. The number of carbonyl (C=O) groups is 3. The van der Waals surface area contributed by atoms with E-state index in [1.807, 2.05) is 30.3 Å². The number of aromatic nitrogens is 2. The van der Waals surface area contributed by atoms with Crippen LogP contribution in [-0.4, -0.2) is 62.2 Å². The van der Waals surface area contributed by atoms with Gasteiger partial charge >= 0.3 is 0 Å². The molecular weight excluding hydrogens is 458 g/mol. The average molecular weight is 488 g/mol. The molecule has 3 amide bonds. The summed E-state index contributed by atoms with van der Waals surface area (Å²) in [4.78, 5) is 40.8. The fourth-order valence-electron chi connectivity index (χ4n) is 5.06. The maximum absolute atomic E-state index is 13.3. The molecule has 5 rings (SSSR count). The van der Waals surface area contributed by atoms with Crippen LogP contribution in [0.4, 0.5) is 0 Å². The predicted octanol–water partition coefficient (Wildman–Crippen LogP) is 1.97. The molecular formula is C27H29N5O4. The van der Waals surface area contributed by atoms with Crippen molar-refractivity contribution in [1.29, 1.82) is 0 Å². The Labute approximate surface area is 209 Å². The van der Waals surface area contributed by atoms with Crippen LogP contribution in [0.25, 0.3) is 5.69 Å². The molecule has 0 saturated carbocycles. The van der Waals surface area contributed by atoms with Crippen LogP contribution in [0.1, 0.15) is 41.4 Å². The van der Waals surface area contributed by atoms with E-state index in [4.69, 9.17) is 0 Å². The SMILES string of the molecule is CCCc1c(C(=O)N[C@H]2C[C@H]3C(=O)N[C@H](Cc4ccc(O)cc4)C(=O)N3C2)cnn1-c1ccccc1. The van der Waals surface area contributed by atoms with Gasteiger partial charge in [-0.1, -0.05) is 43.7 Å². The van der Waals surface area contributed by atoms with Gasteiger partial charge in [-0.05, 0) is 42.7 Å². The summed E-state index contributed by atoms with van der Waals surface area (Å²) >= 11 is 0. The van der Waals surface area contributed by atoms with Crippen LogP contribution < -0.4 is 10.6 Å². The number of hydrogen-bond donors (Lipinski definition) is 3. The highest BCUT2D eigenvalue weighted by atomic mass is 16.3. The molecule has 0 aliphatic carbocycles. The zero-order chi connectivity index (χ0) is 25.2. The normalized spacial score (nSPS) is 21.2. The van der Waals surface area contributed by atoms with Gasteiger partial charge in [0, 0.05) is 19.0 Å². The quantitative estimate of drug-likeness (QED) is 0.471. The first kappa shape index (κ1) is 23.6. The highest BCUT2D eigenvalue weighted by Crippen LogP contribution is 2.25. The summed E-state index contributed by atoms with van der Waals surface area (Å²) < 4.78 is 1.79. The van der Waals surface area contributed by atoms with Crippen LogP contribution in [0, 0.1) is 0 Å². The van der Waals surface area contributed by atoms with Gasteiger partial charge < -0.3 is 20.6 Å². The third kappa shape index (κ3) is 4.56. The number of nitrogens with one attached hydrogen (secondary N) is 2. The fraction of sp³-hybridized carbons (Fsp3) is 0.333. The molecule has 36 heavy (non-hydrogen) atoms. The van der Waals surface area contributed by atoms with Gasteiger partial charge in [0.05, 0.1) is 23.1 Å². The first-order valence-corrected chi connectivity index (χ1v) is 12.3. The van der Waals surface area contributed by atoms with Crippen LogP contribution in [-0.2, 0) is 22.4 Å². The molecule has 186 valence electrons. The lowest BCUT2D eigenvalue weighted by Crippen LogP contribution is -2.61. The van der Waals surface area contributed by atoms with Crippen LogP contribution in [0.3, 0.4) is 0 Å². The number of amides is 3. The van der Waals surface area contributed by atoms with Gasteiger partial charge in [0.15, 0.2) is 0 Å². The van der Waals surface area contributed by atoms with Gasteiger partial charge in [0.25, 0.3) is 5.91 Å². The van der Waals surface area contributed by atoms with Crippen molar-refractivity contribution in [2.45, 2.75) is 50.7 Å². The monoisotopic (exact) mass is 487 g/mol. The van der Waals surface area contributed by atoms with E-state index in [0.717, 1.165) is 23.4 Å². The second kappa shape index (κ2) is 9.85. The zero-order valence-corrected chi connectivity index (χ0v) is 20.1. The van der Waals surface area contributed by atoms with Gasteiger partial charge in [0.1, 0.15) is 17.8 Å². The maximum Gasteiger partial charge on any atom is 0.255 e. The second-order valence-corrected chi connectivity index (χ2v) is 9.35. The van der Waals surface area contributed by atoms with Crippen molar-refractivity contribution in [3.05, 3.63) is 77.6 Å². The lowest BCUT2D eigenvalue weighted by molar-refractivity contribution is -0.147. The number of rotatable bonds is 7. The summed E-state index contributed by atoms with van der Waals surface area (Å²) in [6, 6.07) is 14.7. The summed E-state index contributed by atoms with van der Waals surface area (Å²) in [6.45, 7) is 2.34. The molecule has 2 aliphatic heterocycles. The second-order valence-electron chi connectivity index (χ2n) is 9.35. The van der Waals surface area contributed by atoms with Crippen LogP contribution in [0.5, 0.6) is 5.75 Å². The minimum Gasteiger partial charge on any atom is -0.508 e. The van der Waals surface area contributed by atoms with E-state index in [1.54, 1.807) is 40.0 Å². The molecule has 2 saturated heterocycles. The number of hydrogen-bond acceptors (Lipinski definition) is 5. The number of para-hydroxylation sites is 1. The van der Waals surface area contributed by atoms with E-state index in [-0.39, 0.29) is 36.1 Å². The Balaban J connectivity index is 1.28. The molecule has 0 radical (unpaired) electrons. The van der Waals surface area contributed by atoms with Gasteiger partial charge in [-0.3, -0.25) is 14.4 Å². The topological polar surface area (TPSA) is 117 Å². The molecule has 9 heteroatoms. The smallest absolute Gasteiger partial charge is 0.255 e. The molecule has 0 unspecified atom stereocenters. The Hall–Kier alpha value is -4.14. The van der Waals surface area contributed by atoms with Gasteiger partial charge in [-0.15, -0.1) is 0 Å². The number of phenols is 1. The van der Waals surface area contributed by atoms with Crippen molar-refractivity contribution in [3.63, 3.8) is 0 Å². The van der Waals surface area contributed by atoms with E-state index < -0.39 is 12.1 Å². The zero-order valence-electron chi connectivity index (χ0n) is 20.1. The minimum atomic E-state index is -0.673. The fourth-order valence-corrected chi connectivity index (χ4v) is 5.06. The van der Waals surface area contributed by atoms with E-state index in [1.165, 1.54) is 0 Å². The summed E-state index contributed by atoms with van der Waals surface area (Å²) in [5.74, 6) is -0.474. The van der Waals surface area contributed by atoms with Crippen molar-refractivity contribution in [3.8, 4) is 11.4 Å². The molecule has 3 atom stereocenters. The van der Waals surface area contributed by atoms with Crippen LogP contribution in [0.15, 0.2) is 60.8 Å². The standard InChI is InChI=1S/C27H29N5O4/c1-2-6-23-21(15-28-32(23)19-7-4-3-5-8-19)25(34)29-18-14-24-26(35)30-22(27(36)31(24)16-18)13-17-9-11-20(33)12-10-17/h3-5,7-12,15,18,22,24,33H,2,6,13-14,16H2,1H3,(H,29,34)(H,30,35)/t18-,22+,24-/m0/s1. The summed E-state index contributed by atoms with van der Waals surface area (Å²) in [7, 11) is 0. The van der Waals surface area contributed by atoms with Gasteiger partial charge in [0.2, 0.25) is 11.8 Å². The summed E-state index contributed by atoms with van der Waals surface area (Å²) in [5.41, 5.74) is 3.07. The van der Waals surface area contributed by atoms with E-state index in [0.29, 0.717) is 24.8 Å². The molecule has 2 fully saturated rings. The maximum atomic E-state index is 13.3. The summed E-state index contributed by atoms with van der Waals surface area (Å²) in [6.07, 6.45) is 3.84. The number of nitrogens with zero attached hydrogens (tertiary/aromatic N) is 3. The van der Waals surface area contributed by atoms with Crippen LogP contribution in [0.2, 0.25) is 0 Å². The van der Waals surface area contributed by atoms with Crippen molar-refractivity contribution in [2.24, 2.45) is 0 Å². The minimum absolute atomic E-state index is 0.146. The largest absolute Gasteiger partial charge is 0.508 e. The Morgan fingerprint density at radius 1 is 1.14 bits per heavy atom. The highest BCUT2D eigenvalue weighted by molar-refractivity contribution is 5.98. The van der Waals surface area contributed by atoms with E-state index in [9.17, 15) is 19.5 Å². The van der Waals surface area contributed by atoms with E-state index in [2.05, 4.69) is 22.7 Å². The number of phenolic OH excluding ortho intramolecular Hbond substituents is 1.